The molecule has 0 heterocycles. The molecule has 1 atom stereocenters. The van der Waals surface area contributed by atoms with Crippen LogP contribution >= 0.6 is 11.6 Å². The third-order valence-corrected chi connectivity index (χ3v) is 5.16. The predicted molar refractivity (Wildman–Crippen MR) is 99.4 cm³/mol. The van der Waals surface area contributed by atoms with E-state index >= 15 is 0 Å². The summed E-state index contributed by atoms with van der Waals surface area (Å²) in [5, 5.41) is 2.76. The molecule has 2 aromatic rings. The Balaban J connectivity index is 2.14. The van der Waals surface area contributed by atoms with E-state index in [4.69, 9.17) is 21.1 Å². The largest absolute Gasteiger partial charge is 0.495 e. The van der Waals surface area contributed by atoms with Crippen molar-refractivity contribution in [3.63, 3.8) is 0 Å². The van der Waals surface area contributed by atoms with Crippen LogP contribution in [0.25, 0.3) is 0 Å². The number of likely N-dealkylation sites (N-methyl/N-ethyl adjacent to an activating group) is 1. The second kappa shape index (κ2) is 8.29. The van der Waals surface area contributed by atoms with E-state index in [0.717, 1.165) is 0 Å². The predicted octanol–water partition coefficient (Wildman–Crippen LogP) is 2.66. The Morgan fingerprint density at radius 1 is 1.15 bits per heavy atom. The van der Waals surface area contributed by atoms with E-state index in [2.05, 4.69) is 10.0 Å². The number of halogens is 1. The van der Waals surface area contributed by atoms with Gasteiger partial charge in [0.2, 0.25) is 0 Å². The zero-order valence-electron chi connectivity index (χ0n) is 14.4. The van der Waals surface area contributed by atoms with E-state index in [9.17, 15) is 13.2 Å². The summed E-state index contributed by atoms with van der Waals surface area (Å²) >= 11 is 6.00. The molecule has 0 spiro atoms. The molecule has 2 N–H and O–H groups in total. The van der Waals surface area contributed by atoms with E-state index in [-0.39, 0.29) is 10.8 Å². The molecular formula is C17H19ClN2O5S. The highest BCUT2D eigenvalue weighted by atomic mass is 35.5. The Labute approximate surface area is 157 Å². The summed E-state index contributed by atoms with van der Waals surface area (Å²) < 4.78 is 37.8. The molecule has 1 amide bonds. The van der Waals surface area contributed by atoms with Gasteiger partial charge in [-0.05, 0) is 49.4 Å². The van der Waals surface area contributed by atoms with Gasteiger partial charge in [-0.25, -0.2) is 8.42 Å². The Kier molecular flexibility index (Phi) is 6.33. The molecule has 0 aromatic heterocycles. The van der Waals surface area contributed by atoms with E-state index in [1.807, 2.05) is 0 Å². The fourth-order valence-corrected chi connectivity index (χ4v) is 3.41. The quantitative estimate of drug-likeness (QED) is 0.747. The topological polar surface area (TPSA) is 93.7 Å². The van der Waals surface area contributed by atoms with Crippen molar-refractivity contribution >= 4 is 33.2 Å². The van der Waals surface area contributed by atoms with Gasteiger partial charge in [0.1, 0.15) is 11.5 Å². The van der Waals surface area contributed by atoms with Crippen molar-refractivity contribution in [2.45, 2.75) is 17.9 Å². The highest BCUT2D eigenvalue weighted by molar-refractivity contribution is 7.92. The number of hydrogen-bond donors (Lipinski definition) is 2. The number of amides is 1. The molecule has 0 aliphatic carbocycles. The van der Waals surface area contributed by atoms with Crippen LogP contribution in [-0.4, -0.2) is 34.6 Å². The first-order valence-electron chi connectivity index (χ1n) is 7.61. The number of anilines is 1. The summed E-state index contributed by atoms with van der Waals surface area (Å²) in [4.78, 5) is 11.5. The van der Waals surface area contributed by atoms with Crippen LogP contribution in [0.5, 0.6) is 11.5 Å². The molecule has 7 nitrogen and oxygen atoms in total. The summed E-state index contributed by atoms with van der Waals surface area (Å²) in [6, 6.07) is 10.3. The Morgan fingerprint density at radius 3 is 2.35 bits per heavy atom. The maximum atomic E-state index is 12.5. The molecule has 0 saturated carbocycles. The summed E-state index contributed by atoms with van der Waals surface area (Å²) in [6.45, 7) is 1.60. The Bertz CT molecular complexity index is 885. The minimum Gasteiger partial charge on any atom is -0.495 e. The van der Waals surface area contributed by atoms with Gasteiger partial charge in [0.25, 0.3) is 15.9 Å². The lowest BCUT2D eigenvalue weighted by Gasteiger charge is -2.14. The normalized spacial score (nSPS) is 12.2. The summed E-state index contributed by atoms with van der Waals surface area (Å²) in [6.07, 6.45) is -0.693. The molecule has 0 radical (unpaired) electrons. The first-order chi connectivity index (χ1) is 12.3. The number of rotatable bonds is 7. The zero-order chi connectivity index (χ0) is 19.3. The molecule has 2 aromatic carbocycles. The monoisotopic (exact) mass is 398 g/mol. The number of benzene rings is 2. The molecule has 0 bridgehead atoms. The molecule has 140 valence electrons. The maximum absolute atomic E-state index is 12.5. The van der Waals surface area contributed by atoms with Crippen LogP contribution in [-0.2, 0) is 14.8 Å². The second-order valence-corrected chi connectivity index (χ2v) is 7.39. The zero-order valence-corrected chi connectivity index (χ0v) is 16.0. The van der Waals surface area contributed by atoms with Crippen LogP contribution in [0, 0.1) is 0 Å². The first kappa shape index (κ1) is 19.9. The molecule has 0 saturated heterocycles. The number of nitrogens with one attached hydrogen (secondary N) is 2. The number of carbonyl (C=O) groups is 1. The first-order valence-corrected chi connectivity index (χ1v) is 9.47. The molecule has 0 fully saturated rings. The third-order valence-electron chi connectivity index (χ3n) is 3.47. The summed E-state index contributed by atoms with van der Waals surface area (Å²) in [5.41, 5.74) is 0.310. The molecular weight excluding hydrogens is 380 g/mol. The van der Waals surface area contributed by atoms with Crippen LogP contribution in [0.1, 0.15) is 6.92 Å². The van der Waals surface area contributed by atoms with Crippen molar-refractivity contribution in [2.24, 2.45) is 0 Å². The van der Waals surface area contributed by atoms with Gasteiger partial charge in [-0.2, -0.15) is 0 Å². The van der Waals surface area contributed by atoms with Gasteiger partial charge in [-0.3, -0.25) is 9.52 Å². The fourth-order valence-electron chi connectivity index (χ4n) is 2.10. The average Bonchev–Trinajstić information content (AvgIpc) is 2.61. The van der Waals surface area contributed by atoms with Gasteiger partial charge in [0, 0.05) is 7.05 Å². The van der Waals surface area contributed by atoms with Gasteiger partial charge in [0.15, 0.2) is 6.10 Å². The van der Waals surface area contributed by atoms with Gasteiger partial charge >= 0.3 is 0 Å². The Morgan fingerprint density at radius 2 is 1.81 bits per heavy atom. The van der Waals surface area contributed by atoms with Crippen molar-refractivity contribution in [3.05, 3.63) is 47.5 Å². The number of sulfonamides is 1. The van der Waals surface area contributed by atoms with Crippen LogP contribution in [0.15, 0.2) is 47.4 Å². The number of hydrogen-bond acceptors (Lipinski definition) is 5. The van der Waals surface area contributed by atoms with Crippen molar-refractivity contribution in [1.29, 1.82) is 0 Å². The Hall–Kier alpha value is -2.45. The lowest BCUT2D eigenvalue weighted by Crippen LogP contribution is -2.33. The van der Waals surface area contributed by atoms with Crippen LogP contribution in [0.3, 0.4) is 0 Å². The summed E-state index contributed by atoms with van der Waals surface area (Å²) in [5.74, 6) is 0.550. The standard InChI is InChI=1S/C17H19ClN2O5S/c1-11(17(21)19-2)25-13-5-7-14(8-6-13)26(22,23)20-12-4-9-16(24-3)15(18)10-12/h4-11,20H,1-3H3,(H,19,21)/t11-/m1/s1. The van der Waals surface area contributed by atoms with Crippen molar-refractivity contribution in [1.82, 2.24) is 5.32 Å². The minimum absolute atomic E-state index is 0.0457. The van der Waals surface area contributed by atoms with Crippen molar-refractivity contribution < 1.29 is 22.7 Å². The van der Waals surface area contributed by atoms with Crippen LogP contribution in [0.4, 0.5) is 5.69 Å². The SMILES string of the molecule is CNC(=O)[C@@H](C)Oc1ccc(S(=O)(=O)Nc2ccc(OC)c(Cl)c2)cc1. The lowest BCUT2D eigenvalue weighted by molar-refractivity contribution is -0.126. The molecule has 0 aliphatic rings. The van der Waals surface area contributed by atoms with Gasteiger partial charge < -0.3 is 14.8 Å². The summed E-state index contributed by atoms with van der Waals surface area (Å²) in [7, 11) is -0.819. The van der Waals surface area contributed by atoms with Gasteiger partial charge in [0.05, 0.1) is 22.7 Å². The molecule has 9 heteroatoms. The second-order valence-electron chi connectivity index (χ2n) is 5.30. The lowest BCUT2D eigenvalue weighted by atomic mass is 10.3. The minimum atomic E-state index is -3.80. The number of methoxy groups -OCH3 is 1. The highest BCUT2D eigenvalue weighted by Gasteiger charge is 2.17. The van der Waals surface area contributed by atoms with E-state index in [1.54, 1.807) is 19.1 Å². The van der Waals surface area contributed by atoms with Crippen LogP contribution in [0.2, 0.25) is 5.02 Å². The number of ether oxygens (including phenoxy) is 2. The van der Waals surface area contributed by atoms with Crippen molar-refractivity contribution in [3.8, 4) is 11.5 Å². The van der Waals surface area contributed by atoms with Gasteiger partial charge in [-0.15, -0.1) is 0 Å². The van der Waals surface area contributed by atoms with E-state index in [1.165, 1.54) is 44.5 Å². The molecule has 26 heavy (non-hydrogen) atoms. The third kappa shape index (κ3) is 4.80. The maximum Gasteiger partial charge on any atom is 0.261 e. The smallest absolute Gasteiger partial charge is 0.261 e. The average molecular weight is 399 g/mol. The number of carbonyl (C=O) groups excluding carboxylic acids is 1. The molecule has 0 aliphatic heterocycles. The van der Waals surface area contributed by atoms with E-state index < -0.39 is 16.1 Å². The highest BCUT2D eigenvalue weighted by Crippen LogP contribution is 2.28. The molecule has 0 unspecified atom stereocenters. The molecule has 2 rings (SSSR count). The van der Waals surface area contributed by atoms with Gasteiger partial charge in [-0.1, -0.05) is 11.6 Å². The van der Waals surface area contributed by atoms with Crippen molar-refractivity contribution in [2.75, 3.05) is 18.9 Å². The fraction of sp³-hybridized carbons (Fsp3) is 0.235. The van der Waals surface area contributed by atoms with E-state index in [0.29, 0.717) is 22.2 Å². The van der Waals surface area contributed by atoms with Crippen LogP contribution < -0.4 is 19.5 Å².